The van der Waals surface area contributed by atoms with Crippen molar-refractivity contribution in [2.45, 2.75) is 32.2 Å². The first-order valence-corrected chi connectivity index (χ1v) is 7.80. The molecule has 0 radical (unpaired) electrons. The topological polar surface area (TPSA) is 147 Å². The molecule has 1 aromatic carbocycles. The number of aliphatic carboxylic acids is 2. The number of carbonyl (C=O) groups is 4. The van der Waals surface area contributed by atoms with E-state index < -0.39 is 48.1 Å². The van der Waals surface area contributed by atoms with Gasteiger partial charge in [-0.1, -0.05) is 37.3 Å². The lowest BCUT2D eigenvalue weighted by molar-refractivity contribution is -0.148. The second kappa shape index (κ2) is 9.41. The number of primary amides is 1. The highest BCUT2D eigenvalue weighted by atomic mass is 16.4. The van der Waals surface area contributed by atoms with Gasteiger partial charge in [0.2, 0.25) is 11.8 Å². The zero-order chi connectivity index (χ0) is 19.0. The van der Waals surface area contributed by atoms with E-state index in [1.807, 2.05) is 30.3 Å². The Labute approximate surface area is 145 Å². The van der Waals surface area contributed by atoms with Crippen LogP contribution < -0.4 is 11.1 Å². The average Bonchev–Trinajstić information content (AvgIpc) is 2.54. The van der Waals surface area contributed by atoms with Gasteiger partial charge in [0.1, 0.15) is 6.04 Å². The van der Waals surface area contributed by atoms with E-state index in [2.05, 4.69) is 5.32 Å². The first kappa shape index (κ1) is 20.1. The van der Waals surface area contributed by atoms with Crippen molar-refractivity contribution in [3.63, 3.8) is 0 Å². The molecule has 0 saturated heterocycles. The molecule has 1 rings (SSSR count). The largest absolute Gasteiger partial charge is 0.481 e. The lowest BCUT2D eigenvalue weighted by atomic mass is 9.87. The van der Waals surface area contributed by atoms with Crippen LogP contribution >= 0.6 is 0 Å². The second-order valence-corrected chi connectivity index (χ2v) is 5.82. The Morgan fingerprint density at radius 2 is 1.72 bits per heavy atom. The van der Waals surface area contributed by atoms with E-state index in [1.54, 1.807) is 0 Å². The molecule has 2 amide bonds. The summed E-state index contributed by atoms with van der Waals surface area (Å²) in [6, 6.07) is 7.78. The number of carbonyl (C=O) groups excluding carboxylic acids is 2. The zero-order valence-electron chi connectivity index (χ0n) is 13.8. The van der Waals surface area contributed by atoms with Crippen molar-refractivity contribution >= 4 is 23.8 Å². The Hall–Kier alpha value is -2.90. The van der Waals surface area contributed by atoms with Gasteiger partial charge < -0.3 is 21.3 Å². The number of nitrogens with one attached hydrogen (secondary N) is 1. The van der Waals surface area contributed by atoms with Crippen molar-refractivity contribution in [1.82, 2.24) is 5.32 Å². The molecule has 25 heavy (non-hydrogen) atoms. The number of carboxylic acid groups (broad SMARTS) is 2. The van der Waals surface area contributed by atoms with Crippen LogP contribution in [-0.2, 0) is 25.6 Å². The fraction of sp³-hybridized carbons (Fsp3) is 0.412. The van der Waals surface area contributed by atoms with Crippen LogP contribution in [0, 0.1) is 11.8 Å². The van der Waals surface area contributed by atoms with Crippen molar-refractivity contribution in [1.29, 1.82) is 0 Å². The molecule has 3 atom stereocenters. The van der Waals surface area contributed by atoms with Gasteiger partial charge in [0, 0.05) is 11.8 Å². The second-order valence-electron chi connectivity index (χ2n) is 5.82. The minimum atomic E-state index is -1.56. The molecule has 8 nitrogen and oxygen atoms in total. The molecule has 0 aliphatic rings. The smallest absolute Gasteiger partial charge is 0.326 e. The van der Waals surface area contributed by atoms with Gasteiger partial charge in [-0.15, -0.1) is 0 Å². The zero-order valence-corrected chi connectivity index (χ0v) is 13.8. The van der Waals surface area contributed by atoms with Crippen molar-refractivity contribution in [3.8, 4) is 0 Å². The molecule has 0 aliphatic carbocycles. The summed E-state index contributed by atoms with van der Waals surface area (Å²) in [5, 5.41) is 19.8. The summed E-state index contributed by atoms with van der Waals surface area (Å²) in [5.74, 6) is -5.86. The van der Waals surface area contributed by atoms with Crippen LogP contribution in [0.25, 0.3) is 0 Å². The van der Waals surface area contributed by atoms with E-state index in [0.717, 1.165) is 5.56 Å². The molecule has 0 saturated carbocycles. The SMILES string of the molecule is CC(C(=O)NC(CC(=O)O)C(=O)O)C(CCc1ccccc1)C(N)=O. The summed E-state index contributed by atoms with van der Waals surface area (Å²) in [5.41, 5.74) is 6.36. The Balaban J connectivity index is 2.74. The van der Waals surface area contributed by atoms with Crippen LogP contribution in [0.1, 0.15) is 25.3 Å². The monoisotopic (exact) mass is 350 g/mol. The average molecular weight is 350 g/mol. The Morgan fingerprint density at radius 3 is 2.20 bits per heavy atom. The summed E-state index contributed by atoms with van der Waals surface area (Å²) in [4.78, 5) is 45.6. The van der Waals surface area contributed by atoms with E-state index in [9.17, 15) is 19.2 Å². The van der Waals surface area contributed by atoms with Crippen LogP contribution in [0.2, 0.25) is 0 Å². The first-order valence-electron chi connectivity index (χ1n) is 7.80. The molecule has 136 valence electrons. The van der Waals surface area contributed by atoms with Crippen LogP contribution in [0.15, 0.2) is 30.3 Å². The van der Waals surface area contributed by atoms with Gasteiger partial charge >= 0.3 is 11.9 Å². The van der Waals surface area contributed by atoms with E-state index in [4.69, 9.17) is 15.9 Å². The van der Waals surface area contributed by atoms with Crippen LogP contribution in [0.5, 0.6) is 0 Å². The van der Waals surface area contributed by atoms with Crippen molar-refractivity contribution < 1.29 is 29.4 Å². The fourth-order valence-electron chi connectivity index (χ4n) is 2.47. The van der Waals surface area contributed by atoms with E-state index >= 15 is 0 Å². The van der Waals surface area contributed by atoms with Gasteiger partial charge in [-0.05, 0) is 18.4 Å². The molecule has 0 aliphatic heterocycles. The Bertz CT molecular complexity index is 631. The molecule has 0 aromatic heterocycles. The Morgan fingerprint density at radius 1 is 1.12 bits per heavy atom. The molecular formula is C17H22N2O6. The maximum absolute atomic E-state index is 12.2. The van der Waals surface area contributed by atoms with Crippen molar-refractivity contribution in [3.05, 3.63) is 35.9 Å². The predicted molar refractivity (Wildman–Crippen MR) is 88.4 cm³/mol. The van der Waals surface area contributed by atoms with Crippen LogP contribution in [0.4, 0.5) is 0 Å². The summed E-state index contributed by atoms with van der Waals surface area (Å²) < 4.78 is 0. The number of aryl methyl sites for hydroxylation is 1. The summed E-state index contributed by atoms with van der Waals surface area (Å²) in [6.45, 7) is 1.47. The lowest BCUT2D eigenvalue weighted by Crippen LogP contribution is -2.47. The summed E-state index contributed by atoms with van der Waals surface area (Å²) >= 11 is 0. The molecule has 0 bridgehead atoms. The predicted octanol–water partition coefficient (Wildman–Crippen LogP) is 0.401. The number of amides is 2. The van der Waals surface area contributed by atoms with Gasteiger partial charge in [-0.3, -0.25) is 14.4 Å². The third-order valence-corrected chi connectivity index (χ3v) is 3.96. The minimum Gasteiger partial charge on any atom is -0.481 e. The van der Waals surface area contributed by atoms with E-state index in [1.165, 1.54) is 6.92 Å². The maximum atomic E-state index is 12.2. The number of carboxylic acids is 2. The molecular weight excluding hydrogens is 328 g/mol. The standard InChI is InChI=1S/C17H22N2O6/c1-10(16(23)19-13(17(24)25)9-14(20)21)12(15(18)22)8-7-11-5-3-2-4-6-11/h2-6,10,12-13H,7-9H2,1H3,(H2,18,22)(H,19,23)(H,20,21)(H,24,25). The van der Waals surface area contributed by atoms with Crippen LogP contribution in [-0.4, -0.2) is 40.0 Å². The van der Waals surface area contributed by atoms with Crippen LogP contribution in [0.3, 0.4) is 0 Å². The minimum absolute atomic E-state index is 0.324. The maximum Gasteiger partial charge on any atom is 0.326 e. The summed E-state index contributed by atoms with van der Waals surface area (Å²) in [7, 11) is 0. The van der Waals surface area contributed by atoms with Gasteiger partial charge in [0.25, 0.3) is 0 Å². The lowest BCUT2D eigenvalue weighted by Gasteiger charge is -2.22. The van der Waals surface area contributed by atoms with E-state index in [-0.39, 0.29) is 0 Å². The molecule has 0 spiro atoms. The Kier molecular flexibility index (Phi) is 7.58. The normalized spacial score (nSPS) is 14.1. The molecule has 0 fully saturated rings. The molecule has 8 heteroatoms. The van der Waals surface area contributed by atoms with Gasteiger partial charge in [0.15, 0.2) is 0 Å². The van der Waals surface area contributed by atoms with Crippen molar-refractivity contribution in [2.75, 3.05) is 0 Å². The highest BCUT2D eigenvalue weighted by Crippen LogP contribution is 2.19. The molecule has 0 heterocycles. The van der Waals surface area contributed by atoms with Gasteiger partial charge in [-0.25, -0.2) is 4.79 Å². The quantitative estimate of drug-likeness (QED) is 0.480. The number of rotatable bonds is 10. The molecule has 3 unspecified atom stereocenters. The first-order chi connectivity index (χ1) is 11.7. The third-order valence-electron chi connectivity index (χ3n) is 3.96. The number of hydrogen-bond donors (Lipinski definition) is 4. The number of nitrogens with two attached hydrogens (primary N) is 1. The fourth-order valence-corrected chi connectivity index (χ4v) is 2.47. The molecule has 5 N–H and O–H groups in total. The molecule has 1 aromatic rings. The third kappa shape index (κ3) is 6.62. The summed E-state index contributed by atoms with van der Waals surface area (Å²) in [6.07, 6.45) is 0.104. The highest BCUT2D eigenvalue weighted by Gasteiger charge is 2.31. The van der Waals surface area contributed by atoms with Crippen molar-refractivity contribution in [2.24, 2.45) is 17.6 Å². The van der Waals surface area contributed by atoms with Gasteiger partial charge in [-0.2, -0.15) is 0 Å². The number of benzene rings is 1. The van der Waals surface area contributed by atoms with Gasteiger partial charge in [0.05, 0.1) is 6.42 Å². The number of hydrogen-bond acceptors (Lipinski definition) is 4. The van der Waals surface area contributed by atoms with E-state index in [0.29, 0.717) is 12.8 Å². The highest BCUT2D eigenvalue weighted by molar-refractivity contribution is 5.90.